The van der Waals surface area contributed by atoms with Crippen LogP contribution in [0.5, 0.6) is 0 Å². The van der Waals surface area contributed by atoms with Gasteiger partial charge in [-0.15, -0.1) is 0 Å². The predicted octanol–water partition coefficient (Wildman–Crippen LogP) is 2.72. The molecule has 0 aliphatic rings. The lowest BCUT2D eigenvalue weighted by Gasteiger charge is -2.19. The predicted molar refractivity (Wildman–Crippen MR) is 87.1 cm³/mol. The SMILES string of the molecule is CC(=O)NCc1nc(-c2cccc(NC(=O)OC(C)(C)C)c2)no1. The molecule has 0 spiro atoms. The number of carbonyl (C=O) groups is 2. The number of aromatic nitrogens is 2. The molecule has 2 rings (SSSR count). The lowest BCUT2D eigenvalue weighted by atomic mass is 10.2. The number of nitrogens with zero attached hydrogens (tertiary/aromatic N) is 2. The Balaban J connectivity index is 2.07. The molecule has 1 aromatic heterocycles. The summed E-state index contributed by atoms with van der Waals surface area (Å²) in [5, 5.41) is 9.09. The van der Waals surface area contributed by atoms with Gasteiger partial charge in [0.15, 0.2) is 0 Å². The standard InChI is InChI=1S/C16H20N4O4/c1-10(21)17-9-13-19-14(20-24-13)11-6-5-7-12(8-11)18-15(22)23-16(2,3)4/h5-8H,9H2,1-4H3,(H,17,21)(H,18,22). The van der Waals surface area contributed by atoms with Gasteiger partial charge < -0.3 is 14.6 Å². The van der Waals surface area contributed by atoms with E-state index in [1.165, 1.54) is 6.92 Å². The van der Waals surface area contributed by atoms with Crippen molar-refractivity contribution in [1.29, 1.82) is 0 Å². The Kier molecular flexibility index (Phi) is 5.18. The molecule has 0 aliphatic heterocycles. The summed E-state index contributed by atoms with van der Waals surface area (Å²) < 4.78 is 10.3. The van der Waals surface area contributed by atoms with Crippen LogP contribution >= 0.6 is 0 Å². The van der Waals surface area contributed by atoms with Crippen molar-refractivity contribution >= 4 is 17.7 Å². The number of ether oxygens (including phenoxy) is 1. The zero-order valence-corrected chi connectivity index (χ0v) is 14.0. The molecule has 1 aromatic carbocycles. The molecule has 0 unspecified atom stereocenters. The van der Waals surface area contributed by atoms with Crippen LogP contribution < -0.4 is 10.6 Å². The summed E-state index contributed by atoms with van der Waals surface area (Å²) in [5.41, 5.74) is 0.643. The molecule has 0 fully saturated rings. The van der Waals surface area contributed by atoms with E-state index in [-0.39, 0.29) is 12.5 Å². The molecule has 0 bridgehead atoms. The van der Waals surface area contributed by atoms with E-state index >= 15 is 0 Å². The summed E-state index contributed by atoms with van der Waals surface area (Å²) in [6.45, 7) is 6.94. The fourth-order valence-electron chi connectivity index (χ4n) is 1.80. The molecule has 0 saturated carbocycles. The molecular weight excluding hydrogens is 312 g/mol. The average Bonchev–Trinajstić information content (AvgIpc) is 2.92. The summed E-state index contributed by atoms with van der Waals surface area (Å²) >= 11 is 0. The minimum absolute atomic E-state index is 0.165. The van der Waals surface area contributed by atoms with Crippen molar-refractivity contribution < 1.29 is 18.8 Å². The first-order valence-corrected chi connectivity index (χ1v) is 7.40. The molecule has 0 atom stereocenters. The Hall–Kier alpha value is -2.90. The van der Waals surface area contributed by atoms with Gasteiger partial charge in [0.1, 0.15) is 5.60 Å². The molecule has 8 heteroatoms. The van der Waals surface area contributed by atoms with Gasteiger partial charge in [0, 0.05) is 18.2 Å². The van der Waals surface area contributed by atoms with Gasteiger partial charge in [-0.1, -0.05) is 17.3 Å². The van der Waals surface area contributed by atoms with Crippen LogP contribution in [0.4, 0.5) is 10.5 Å². The fraction of sp³-hybridized carbons (Fsp3) is 0.375. The first-order chi connectivity index (χ1) is 11.2. The number of carbonyl (C=O) groups excluding carboxylic acids is 2. The normalized spacial score (nSPS) is 11.0. The van der Waals surface area contributed by atoms with Crippen molar-refractivity contribution in [2.24, 2.45) is 0 Å². The maximum atomic E-state index is 11.8. The van der Waals surface area contributed by atoms with Gasteiger partial charge in [0.05, 0.1) is 6.54 Å². The quantitative estimate of drug-likeness (QED) is 0.891. The molecule has 2 aromatic rings. The first-order valence-electron chi connectivity index (χ1n) is 7.40. The summed E-state index contributed by atoms with van der Waals surface area (Å²) in [4.78, 5) is 26.9. The van der Waals surface area contributed by atoms with Crippen LogP contribution in [0.1, 0.15) is 33.6 Å². The zero-order valence-electron chi connectivity index (χ0n) is 14.0. The van der Waals surface area contributed by atoms with Gasteiger partial charge >= 0.3 is 6.09 Å². The van der Waals surface area contributed by atoms with Crippen molar-refractivity contribution in [2.45, 2.75) is 39.8 Å². The maximum Gasteiger partial charge on any atom is 0.412 e. The lowest BCUT2D eigenvalue weighted by molar-refractivity contribution is -0.119. The minimum atomic E-state index is -0.575. The van der Waals surface area contributed by atoms with Crippen molar-refractivity contribution in [2.75, 3.05) is 5.32 Å². The Morgan fingerprint density at radius 1 is 1.29 bits per heavy atom. The number of benzene rings is 1. The summed E-state index contributed by atoms with van der Waals surface area (Å²) in [5.74, 6) is 0.479. The minimum Gasteiger partial charge on any atom is -0.444 e. The largest absolute Gasteiger partial charge is 0.444 e. The third-order valence-electron chi connectivity index (χ3n) is 2.72. The summed E-state index contributed by atoms with van der Waals surface area (Å²) in [6.07, 6.45) is -0.542. The van der Waals surface area contributed by atoms with Crippen LogP contribution in [0.2, 0.25) is 0 Å². The molecule has 24 heavy (non-hydrogen) atoms. The highest BCUT2D eigenvalue weighted by molar-refractivity contribution is 5.85. The van der Waals surface area contributed by atoms with Crippen LogP contribution in [0, 0.1) is 0 Å². The topological polar surface area (TPSA) is 106 Å². The number of hydrogen-bond donors (Lipinski definition) is 2. The van der Waals surface area contributed by atoms with Crippen molar-refractivity contribution in [1.82, 2.24) is 15.5 Å². The Labute approximate surface area is 139 Å². The van der Waals surface area contributed by atoms with Crippen molar-refractivity contribution in [3.05, 3.63) is 30.2 Å². The molecule has 1 heterocycles. The molecule has 8 nitrogen and oxygen atoms in total. The highest BCUT2D eigenvalue weighted by Gasteiger charge is 2.16. The lowest BCUT2D eigenvalue weighted by Crippen LogP contribution is -2.27. The summed E-state index contributed by atoms with van der Waals surface area (Å²) in [6, 6.07) is 6.97. The van der Waals surface area contributed by atoms with Gasteiger partial charge in [0.2, 0.25) is 17.6 Å². The van der Waals surface area contributed by atoms with Crippen LogP contribution in [-0.2, 0) is 16.1 Å². The second kappa shape index (κ2) is 7.12. The average molecular weight is 332 g/mol. The Morgan fingerprint density at radius 2 is 2.04 bits per heavy atom. The van der Waals surface area contributed by atoms with Crippen LogP contribution in [0.25, 0.3) is 11.4 Å². The van der Waals surface area contributed by atoms with E-state index < -0.39 is 11.7 Å². The summed E-state index contributed by atoms with van der Waals surface area (Å²) in [7, 11) is 0. The van der Waals surface area contributed by atoms with Gasteiger partial charge in [-0.3, -0.25) is 10.1 Å². The fourth-order valence-corrected chi connectivity index (χ4v) is 1.80. The second-order valence-corrected chi connectivity index (χ2v) is 6.13. The van der Waals surface area contributed by atoms with E-state index in [1.54, 1.807) is 45.0 Å². The van der Waals surface area contributed by atoms with Gasteiger partial charge in [-0.2, -0.15) is 4.98 Å². The van der Waals surface area contributed by atoms with Gasteiger partial charge in [-0.05, 0) is 32.9 Å². The molecule has 128 valence electrons. The van der Waals surface area contributed by atoms with E-state index in [0.29, 0.717) is 23.0 Å². The van der Waals surface area contributed by atoms with Gasteiger partial charge in [-0.25, -0.2) is 4.79 Å². The smallest absolute Gasteiger partial charge is 0.412 e. The Bertz CT molecular complexity index is 734. The monoisotopic (exact) mass is 332 g/mol. The zero-order chi connectivity index (χ0) is 17.7. The highest BCUT2D eigenvalue weighted by atomic mass is 16.6. The number of nitrogens with one attached hydrogen (secondary N) is 2. The molecule has 2 N–H and O–H groups in total. The van der Waals surface area contributed by atoms with Crippen LogP contribution in [-0.4, -0.2) is 27.7 Å². The maximum absolute atomic E-state index is 11.8. The molecule has 2 amide bonds. The molecular formula is C16H20N4O4. The number of anilines is 1. The van der Waals surface area contributed by atoms with Crippen molar-refractivity contribution in [3.63, 3.8) is 0 Å². The number of hydrogen-bond acceptors (Lipinski definition) is 6. The van der Waals surface area contributed by atoms with Crippen LogP contribution in [0.15, 0.2) is 28.8 Å². The third kappa shape index (κ3) is 5.38. The second-order valence-electron chi connectivity index (χ2n) is 6.13. The first kappa shape index (κ1) is 17.5. The van der Waals surface area contributed by atoms with E-state index in [0.717, 1.165) is 0 Å². The molecule has 0 aliphatic carbocycles. The van der Waals surface area contributed by atoms with Crippen molar-refractivity contribution in [3.8, 4) is 11.4 Å². The van der Waals surface area contributed by atoms with E-state index in [2.05, 4.69) is 20.8 Å². The number of rotatable bonds is 4. The number of amides is 2. The third-order valence-corrected chi connectivity index (χ3v) is 2.72. The molecule has 0 saturated heterocycles. The van der Waals surface area contributed by atoms with E-state index in [4.69, 9.17) is 9.26 Å². The van der Waals surface area contributed by atoms with Crippen LogP contribution in [0.3, 0.4) is 0 Å². The van der Waals surface area contributed by atoms with E-state index in [9.17, 15) is 9.59 Å². The van der Waals surface area contributed by atoms with E-state index in [1.807, 2.05) is 0 Å². The highest BCUT2D eigenvalue weighted by Crippen LogP contribution is 2.20. The van der Waals surface area contributed by atoms with Gasteiger partial charge in [0.25, 0.3) is 0 Å². The Morgan fingerprint density at radius 3 is 2.71 bits per heavy atom. The molecule has 0 radical (unpaired) electrons.